The van der Waals surface area contributed by atoms with Gasteiger partial charge in [-0.3, -0.25) is 9.69 Å². The van der Waals surface area contributed by atoms with E-state index in [2.05, 4.69) is 4.98 Å². The number of likely N-dealkylation sites (N-methyl/N-ethyl adjacent to an activating group) is 1. The summed E-state index contributed by atoms with van der Waals surface area (Å²) in [4.78, 5) is 18.9. The molecule has 1 fully saturated rings. The Kier molecular flexibility index (Phi) is 3.97. The van der Waals surface area contributed by atoms with Gasteiger partial charge in [0.25, 0.3) is 5.91 Å². The van der Waals surface area contributed by atoms with E-state index in [0.29, 0.717) is 26.5 Å². The van der Waals surface area contributed by atoms with E-state index in [0.717, 1.165) is 10.9 Å². The lowest BCUT2D eigenvalue weighted by Crippen LogP contribution is -2.27. The molecule has 3 rings (SSSR count). The average molecular weight is 335 g/mol. The van der Waals surface area contributed by atoms with Crippen molar-refractivity contribution in [1.82, 2.24) is 9.88 Å². The van der Waals surface area contributed by atoms with Crippen LogP contribution >= 0.6 is 35.6 Å². The van der Waals surface area contributed by atoms with Crippen molar-refractivity contribution in [3.05, 3.63) is 46.0 Å². The van der Waals surface area contributed by atoms with E-state index in [1.807, 2.05) is 31.2 Å². The quantitative estimate of drug-likeness (QED) is 0.611. The largest absolute Gasteiger partial charge is 0.293 e. The minimum absolute atomic E-state index is 0.0708. The first-order valence-corrected chi connectivity index (χ1v) is 8.01. The number of thiocarbonyl (C=S) groups is 1. The summed E-state index contributed by atoms with van der Waals surface area (Å²) >= 11 is 12.8. The van der Waals surface area contributed by atoms with Gasteiger partial charge in [0.2, 0.25) is 0 Å². The Hall–Kier alpha value is -1.43. The minimum Gasteiger partial charge on any atom is -0.293 e. The van der Waals surface area contributed by atoms with Gasteiger partial charge < -0.3 is 0 Å². The van der Waals surface area contributed by atoms with Gasteiger partial charge >= 0.3 is 0 Å². The van der Waals surface area contributed by atoms with Crippen LogP contribution in [0.5, 0.6) is 0 Å². The molecule has 0 saturated carbocycles. The molecule has 0 N–H and O–H groups in total. The number of hydrogen-bond donors (Lipinski definition) is 0. The van der Waals surface area contributed by atoms with Crippen molar-refractivity contribution in [1.29, 1.82) is 0 Å². The first kappa shape index (κ1) is 14.5. The maximum absolute atomic E-state index is 12.2. The van der Waals surface area contributed by atoms with Crippen LogP contribution in [0.2, 0.25) is 5.02 Å². The summed E-state index contributed by atoms with van der Waals surface area (Å²) in [7, 11) is 0. The highest BCUT2D eigenvalue weighted by atomic mass is 35.5. The lowest BCUT2D eigenvalue weighted by Gasteiger charge is -2.09. The third-order valence-corrected chi connectivity index (χ3v) is 4.84. The molecular formula is C15H11ClN2OS2. The molecule has 0 aliphatic carbocycles. The number of hydrogen-bond acceptors (Lipinski definition) is 4. The number of amides is 1. The van der Waals surface area contributed by atoms with E-state index >= 15 is 0 Å². The minimum atomic E-state index is -0.0708. The monoisotopic (exact) mass is 334 g/mol. The Labute approximate surface area is 137 Å². The molecule has 21 heavy (non-hydrogen) atoms. The van der Waals surface area contributed by atoms with Gasteiger partial charge in [-0.1, -0.05) is 53.8 Å². The lowest BCUT2D eigenvalue weighted by atomic mass is 10.2. The number of rotatable bonds is 2. The zero-order valence-electron chi connectivity index (χ0n) is 11.2. The Bertz CT molecular complexity index is 788. The van der Waals surface area contributed by atoms with Gasteiger partial charge in [-0.25, -0.2) is 4.98 Å². The maximum atomic E-state index is 12.2. The Morgan fingerprint density at radius 2 is 2.19 bits per heavy atom. The molecule has 2 heterocycles. The summed E-state index contributed by atoms with van der Waals surface area (Å²) in [6, 6.07) is 9.41. The standard InChI is InChI=1S/C15H11ClN2OS2/c1-2-18-14(19)13(21-15(18)20)8-9-7-11(16)10-5-3-4-6-12(10)17-9/h3-8H,2H2,1H3/b13-8+. The summed E-state index contributed by atoms with van der Waals surface area (Å²) in [5.74, 6) is -0.0708. The fraction of sp³-hybridized carbons (Fsp3) is 0.133. The zero-order chi connectivity index (χ0) is 15.0. The van der Waals surface area contributed by atoms with Gasteiger partial charge in [-0.05, 0) is 25.1 Å². The normalized spacial score (nSPS) is 17.2. The van der Waals surface area contributed by atoms with Crippen molar-refractivity contribution in [3.8, 4) is 0 Å². The maximum Gasteiger partial charge on any atom is 0.266 e. The average Bonchev–Trinajstić information content (AvgIpc) is 2.73. The number of carbonyl (C=O) groups is 1. The molecule has 106 valence electrons. The number of thioether (sulfide) groups is 1. The second-order valence-corrected chi connectivity index (χ2v) is 6.56. The van der Waals surface area contributed by atoms with Crippen LogP contribution in [0.15, 0.2) is 35.2 Å². The SMILES string of the molecule is CCN1C(=O)/C(=C\c2cc(Cl)c3ccccc3n2)SC1=S. The summed E-state index contributed by atoms with van der Waals surface area (Å²) in [6.07, 6.45) is 1.74. The van der Waals surface area contributed by atoms with Gasteiger partial charge in [0, 0.05) is 11.9 Å². The molecule has 1 saturated heterocycles. The molecule has 2 aromatic rings. The first-order chi connectivity index (χ1) is 10.1. The van der Waals surface area contributed by atoms with E-state index in [4.69, 9.17) is 23.8 Å². The molecule has 1 aliphatic rings. The van der Waals surface area contributed by atoms with Gasteiger partial charge in [0.1, 0.15) is 4.32 Å². The predicted octanol–water partition coefficient (Wildman–Crippen LogP) is 4.11. The molecule has 0 radical (unpaired) electrons. The fourth-order valence-electron chi connectivity index (χ4n) is 2.13. The molecule has 1 aromatic carbocycles. The molecule has 6 heteroatoms. The van der Waals surface area contributed by atoms with E-state index in [-0.39, 0.29) is 5.91 Å². The van der Waals surface area contributed by atoms with Gasteiger partial charge in [-0.15, -0.1) is 0 Å². The third-order valence-electron chi connectivity index (χ3n) is 3.15. The van der Waals surface area contributed by atoms with Crippen molar-refractivity contribution in [3.63, 3.8) is 0 Å². The van der Waals surface area contributed by atoms with Crippen LogP contribution in [-0.2, 0) is 4.79 Å². The van der Waals surface area contributed by atoms with Crippen LogP contribution in [0.1, 0.15) is 12.6 Å². The molecule has 1 amide bonds. The second-order valence-electron chi connectivity index (χ2n) is 4.47. The van der Waals surface area contributed by atoms with Crippen LogP contribution in [0.25, 0.3) is 17.0 Å². The zero-order valence-corrected chi connectivity index (χ0v) is 13.6. The number of fused-ring (bicyclic) bond motifs is 1. The molecule has 0 spiro atoms. The van der Waals surface area contributed by atoms with Crippen molar-refractivity contribution in [2.75, 3.05) is 6.54 Å². The summed E-state index contributed by atoms with van der Waals surface area (Å²) < 4.78 is 0.584. The Morgan fingerprint density at radius 1 is 1.43 bits per heavy atom. The molecule has 0 atom stereocenters. The molecule has 1 aliphatic heterocycles. The molecule has 0 unspecified atom stereocenters. The van der Waals surface area contributed by atoms with Crippen LogP contribution in [0.3, 0.4) is 0 Å². The van der Waals surface area contributed by atoms with Crippen LogP contribution in [0.4, 0.5) is 0 Å². The molecule has 0 bridgehead atoms. The van der Waals surface area contributed by atoms with Crippen LogP contribution < -0.4 is 0 Å². The van der Waals surface area contributed by atoms with Gasteiger partial charge in [-0.2, -0.15) is 0 Å². The number of carbonyl (C=O) groups excluding carboxylic acids is 1. The third kappa shape index (κ3) is 2.69. The second kappa shape index (κ2) is 5.75. The lowest BCUT2D eigenvalue weighted by molar-refractivity contribution is -0.121. The summed E-state index contributed by atoms with van der Waals surface area (Å²) in [5, 5.41) is 1.52. The van der Waals surface area contributed by atoms with E-state index < -0.39 is 0 Å². The molecular weight excluding hydrogens is 324 g/mol. The van der Waals surface area contributed by atoms with Crippen molar-refractivity contribution in [2.24, 2.45) is 0 Å². The first-order valence-electron chi connectivity index (χ1n) is 6.41. The smallest absolute Gasteiger partial charge is 0.266 e. The van der Waals surface area contributed by atoms with Crippen molar-refractivity contribution >= 4 is 62.8 Å². The van der Waals surface area contributed by atoms with Gasteiger partial charge in [0.15, 0.2) is 0 Å². The number of halogens is 1. The number of benzene rings is 1. The van der Waals surface area contributed by atoms with E-state index in [1.54, 1.807) is 17.0 Å². The molecule has 3 nitrogen and oxygen atoms in total. The highest BCUT2D eigenvalue weighted by Gasteiger charge is 2.30. The Balaban J connectivity index is 2.04. The summed E-state index contributed by atoms with van der Waals surface area (Å²) in [6.45, 7) is 2.48. The van der Waals surface area contributed by atoms with Gasteiger partial charge in [0.05, 0.1) is 21.1 Å². The fourth-order valence-corrected chi connectivity index (χ4v) is 3.77. The highest BCUT2D eigenvalue weighted by Crippen LogP contribution is 2.33. The predicted molar refractivity (Wildman–Crippen MR) is 92.3 cm³/mol. The van der Waals surface area contributed by atoms with Crippen molar-refractivity contribution in [2.45, 2.75) is 6.92 Å². The van der Waals surface area contributed by atoms with Crippen LogP contribution in [-0.4, -0.2) is 26.7 Å². The van der Waals surface area contributed by atoms with Crippen molar-refractivity contribution < 1.29 is 4.79 Å². The Morgan fingerprint density at radius 3 is 2.90 bits per heavy atom. The number of nitrogens with zero attached hydrogens (tertiary/aromatic N) is 2. The van der Waals surface area contributed by atoms with E-state index in [1.165, 1.54) is 11.8 Å². The summed E-state index contributed by atoms with van der Waals surface area (Å²) in [5.41, 5.74) is 1.47. The van der Waals surface area contributed by atoms with E-state index in [9.17, 15) is 4.79 Å². The number of aromatic nitrogens is 1. The molecule has 1 aromatic heterocycles. The number of para-hydroxylation sites is 1. The number of pyridine rings is 1. The highest BCUT2D eigenvalue weighted by molar-refractivity contribution is 8.26. The topological polar surface area (TPSA) is 33.2 Å². The van der Waals surface area contributed by atoms with Crippen LogP contribution in [0, 0.1) is 0 Å².